The number of rotatable bonds is 1. The van der Waals surface area contributed by atoms with Crippen molar-refractivity contribution >= 4 is 16.6 Å². The van der Waals surface area contributed by atoms with E-state index in [0.29, 0.717) is 16.6 Å². The van der Waals surface area contributed by atoms with Gasteiger partial charge in [0.15, 0.2) is 0 Å². The van der Waals surface area contributed by atoms with Crippen molar-refractivity contribution in [3.63, 3.8) is 0 Å². The number of anilines is 1. The average Bonchev–Trinajstić information content (AvgIpc) is 2.40. The van der Waals surface area contributed by atoms with Crippen molar-refractivity contribution in [2.75, 3.05) is 5.73 Å². The largest absolute Gasteiger partial charge is 0.399 e. The molecule has 0 fully saturated rings. The Labute approximate surface area is 104 Å². The van der Waals surface area contributed by atoms with Gasteiger partial charge in [-0.2, -0.15) is 0 Å². The van der Waals surface area contributed by atoms with E-state index >= 15 is 0 Å². The van der Waals surface area contributed by atoms with E-state index in [1.54, 1.807) is 29.1 Å². The van der Waals surface area contributed by atoms with E-state index in [-0.39, 0.29) is 11.6 Å². The highest BCUT2D eigenvalue weighted by Crippen LogP contribution is 2.17. The smallest absolute Gasteiger partial charge is 0.261 e. The zero-order valence-corrected chi connectivity index (χ0v) is 9.78. The third kappa shape index (κ3) is 1.72. The van der Waals surface area contributed by atoms with Gasteiger partial charge in [0.1, 0.15) is 0 Å². The number of hydrogen-bond donors (Lipinski definition) is 1. The zero-order chi connectivity index (χ0) is 12.5. The molecule has 3 rings (SSSR count). The lowest BCUT2D eigenvalue weighted by Crippen LogP contribution is -2.24. The molecule has 0 amide bonds. The molecule has 0 bridgehead atoms. The maximum Gasteiger partial charge on any atom is 0.261 e. The van der Waals surface area contributed by atoms with E-state index in [9.17, 15) is 4.79 Å². The fraction of sp³-hybridized carbons (Fsp3) is 0.143. The zero-order valence-electron chi connectivity index (χ0n) is 9.78. The Balaban J connectivity index is 2.17. The van der Waals surface area contributed by atoms with Gasteiger partial charge in [0.2, 0.25) is 0 Å². The molecule has 1 aliphatic rings. The van der Waals surface area contributed by atoms with Gasteiger partial charge >= 0.3 is 0 Å². The Morgan fingerprint density at radius 1 is 1.33 bits per heavy atom. The summed E-state index contributed by atoms with van der Waals surface area (Å²) in [6.07, 6.45) is 10.4. The Morgan fingerprint density at radius 3 is 3.00 bits per heavy atom. The van der Waals surface area contributed by atoms with Crippen LogP contribution >= 0.6 is 0 Å². The first-order valence-electron chi connectivity index (χ1n) is 5.85. The van der Waals surface area contributed by atoms with E-state index in [1.807, 2.05) is 24.3 Å². The number of hydrogen-bond acceptors (Lipinski definition) is 3. The molecule has 0 radical (unpaired) electrons. The van der Waals surface area contributed by atoms with Gasteiger partial charge in [-0.05, 0) is 24.6 Å². The molecule has 4 nitrogen and oxygen atoms in total. The van der Waals surface area contributed by atoms with Crippen molar-refractivity contribution in [2.45, 2.75) is 12.5 Å². The van der Waals surface area contributed by atoms with Gasteiger partial charge < -0.3 is 5.73 Å². The molecule has 1 atom stereocenters. The summed E-state index contributed by atoms with van der Waals surface area (Å²) in [7, 11) is 0. The van der Waals surface area contributed by atoms with Crippen LogP contribution in [0.3, 0.4) is 0 Å². The SMILES string of the molecule is Nc1ccc2c(=O)n(C3C=CC=CC3)cnc2c1. The van der Waals surface area contributed by atoms with Gasteiger partial charge in [-0.15, -0.1) is 0 Å². The molecule has 1 aromatic heterocycles. The van der Waals surface area contributed by atoms with Crippen LogP contribution in [0.25, 0.3) is 10.9 Å². The van der Waals surface area contributed by atoms with Crippen LogP contribution in [0.2, 0.25) is 0 Å². The summed E-state index contributed by atoms with van der Waals surface area (Å²) in [4.78, 5) is 16.7. The lowest BCUT2D eigenvalue weighted by Gasteiger charge is -2.16. The molecule has 1 unspecified atom stereocenters. The van der Waals surface area contributed by atoms with E-state index in [4.69, 9.17) is 5.73 Å². The first-order valence-corrected chi connectivity index (χ1v) is 5.85. The van der Waals surface area contributed by atoms with Gasteiger partial charge in [0.25, 0.3) is 5.56 Å². The summed E-state index contributed by atoms with van der Waals surface area (Å²) in [5.74, 6) is 0. The van der Waals surface area contributed by atoms with Crippen molar-refractivity contribution in [2.24, 2.45) is 0 Å². The molecule has 4 heteroatoms. The van der Waals surface area contributed by atoms with Gasteiger partial charge in [-0.1, -0.05) is 24.3 Å². The topological polar surface area (TPSA) is 60.9 Å². The quantitative estimate of drug-likeness (QED) is 0.774. The predicted molar refractivity (Wildman–Crippen MR) is 72.3 cm³/mol. The first kappa shape index (κ1) is 10.8. The number of allylic oxidation sites excluding steroid dienone is 4. The van der Waals surface area contributed by atoms with E-state index < -0.39 is 0 Å². The lowest BCUT2D eigenvalue weighted by molar-refractivity contribution is 0.581. The van der Waals surface area contributed by atoms with Crippen LogP contribution in [0.1, 0.15) is 12.5 Å². The maximum atomic E-state index is 12.4. The van der Waals surface area contributed by atoms with Crippen LogP contribution in [-0.4, -0.2) is 9.55 Å². The minimum absolute atomic E-state index is 0.0232. The fourth-order valence-corrected chi connectivity index (χ4v) is 2.16. The highest BCUT2D eigenvalue weighted by Gasteiger charge is 2.11. The molecule has 0 saturated carbocycles. The Bertz CT molecular complexity index is 713. The van der Waals surface area contributed by atoms with E-state index in [0.717, 1.165) is 6.42 Å². The van der Waals surface area contributed by atoms with Crippen molar-refractivity contribution in [3.05, 3.63) is 59.2 Å². The molecule has 0 saturated heterocycles. The average molecular weight is 239 g/mol. The highest BCUT2D eigenvalue weighted by molar-refractivity contribution is 5.80. The normalized spacial score (nSPS) is 18.3. The molecule has 2 aromatic rings. The molecule has 1 aliphatic carbocycles. The molecule has 0 aliphatic heterocycles. The molecule has 18 heavy (non-hydrogen) atoms. The van der Waals surface area contributed by atoms with Gasteiger partial charge in [-0.25, -0.2) is 4.98 Å². The fourth-order valence-electron chi connectivity index (χ4n) is 2.16. The molecule has 90 valence electrons. The van der Waals surface area contributed by atoms with Crippen molar-refractivity contribution in [1.82, 2.24) is 9.55 Å². The highest BCUT2D eigenvalue weighted by atomic mass is 16.1. The molecular weight excluding hydrogens is 226 g/mol. The second-order valence-electron chi connectivity index (χ2n) is 4.35. The Hall–Kier alpha value is -2.36. The van der Waals surface area contributed by atoms with Crippen molar-refractivity contribution < 1.29 is 0 Å². The number of nitrogens with two attached hydrogens (primary N) is 1. The van der Waals surface area contributed by atoms with Crippen LogP contribution in [0.4, 0.5) is 5.69 Å². The first-order chi connectivity index (χ1) is 8.75. The van der Waals surface area contributed by atoms with Crippen LogP contribution in [-0.2, 0) is 0 Å². The van der Waals surface area contributed by atoms with Gasteiger partial charge in [0.05, 0.1) is 23.3 Å². The standard InChI is InChI=1S/C14H13N3O/c15-10-6-7-12-13(8-10)16-9-17(14(12)18)11-4-2-1-3-5-11/h1-4,6-9,11H,5,15H2. The van der Waals surface area contributed by atoms with Crippen LogP contribution in [0.5, 0.6) is 0 Å². The Kier molecular flexibility index (Phi) is 2.48. The number of fused-ring (bicyclic) bond motifs is 1. The summed E-state index contributed by atoms with van der Waals surface area (Å²) < 4.78 is 1.67. The third-order valence-electron chi connectivity index (χ3n) is 3.12. The third-order valence-corrected chi connectivity index (χ3v) is 3.12. The van der Waals surface area contributed by atoms with Crippen molar-refractivity contribution in [3.8, 4) is 0 Å². The van der Waals surface area contributed by atoms with Crippen LogP contribution in [0, 0.1) is 0 Å². The predicted octanol–water partition coefficient (Wildman–Crippen LogP) is 2.04. The lowest BCUT2D eigenvalue weighted by atomic mass is 10.1. The molecule has 0 spiro atoms. The minimum Gasteiger partial charge on any atom is -0.399 e. The van der Waals surface area contributed by atoms with Crippen LogP contribution in [0.15, 0.2) is 53.6 Å². The second-order valence-corrected chi connectivity index (χ2v) is 4.35. The molecule has 2 N–H and O–H groups in total. The van der Waals surface area contributed by atoms with E-state index in [1.165, 1.54) is 0 Å². The Morgan fingerprint density at radius 2 is 2.22 bits per heavy atom. The number of benzene rings is 1. The summed E-state index contributed by atoms with van der Waals surface area (Å²) in [6.45, 7) is 0. The number of nitrogens with zero attached hydrogens (tertiary/aromatic N) is 2. The van der Waals surface area contributed by atoms with Crippen molar-refractivity contribution in [1.29, 1.82) is 0 Å². The molecular formula is C14H13N3O. The number of nitrogen functional groups attached to an aromatic ring is 1. The second kappa shape index (κ2) is 4.14. The summed E-state index contributed by atoms with van der Waals surface area (Å²) in [5.41, 5.74) is 6.93. The van der Waals surface area contributed by atoms with Gasteiger partial charge in [-0.3, -0.25) is 9.36 Å². The summed E-state index contributed by atoms with van der Waals surface area (Å²) in [6, 6.07) is 5.24. The summed E-state index contributed by atoms with van der Waals surface area (Å²) in [5, 5.41) is 0.606. The van der Waals surface area contributed by atoms with E-state index in [2.05, 4.69) is 4.98 Å². The summed E-state index contributed by atoms with van der Waals surface area (Å²) >= 11 is 0. The van der Waals surface area contributed by atoms with Gasteiger partial charge in [0, 0.05) is 5.69 Å². The number of aromatic nitrogens is 2. The van der Waals surface area contributed by atoms with Crippen LogP contribution < -0.4 is 11.3 Å². The molecule has 1 heterocycles. The monoisotopic (exact) mass is 239 g/mol. The molecule has 1 aromatic carbocycles. The maximum absolute atomic E-state index is 12.4. The minimum atomic E-state index is -0.0232.